The van der Waals surface area contributed by atoms with Crippen molar-refractivity contribution in [2.75, 3.05) is 36.4 Å². The molecule has 1 saturated carbocycles. The molecule has 53 heavy (non-hydrogen) atoms. The molecule has 3 aromatic heterocycles. The number of amides is 5. The van der Waals surface area contributed by atoms with Crippen LogP contribution in [0.25, 0.3) is 11.0 Å². The molecule has 1 atom stereocenters. The number of nitrogens with zero attached hydrogens (tertiary/aromatic N) is 5. The number of aromatic amines is 1. The monoisotopic (exact) mass is 717 g/mol. The van der Waals surface area contributed by atoms with Crippen LogP contribution in [0.1, 0.15) is 74.9 Å². The Labute approximate surface area is 304 Å². The van der Waals surface area contributed by atoms with Crippen LogP contribution in [0.2, 0.25) is 0 Å². The number of piperazine rings is 1. The minimum absolute atomic E-state index is 0.0397. The summed E-state index contributed by atoms with van der Waals surface area (Å²) < 4.78 is 0. The first kappa shape index (κ1) is 34.1. The lowest BCUT2D eigenvalue weighted by Crippen LogP contribution is -2.54. The minimum atomic E-state index is -1.01. The molecule has 2 saturated heterocycles. The summed E-state index contributed by atoms with van der Waals surface area (Å²) >= 11 is 0. The fraction of sp³-hybridized carbons (Fsp3) is 0.368. The molecule has 4 aromatic rings. The van der Waals surface area contributed by atoms with Crippen LogP contribution in [0.15, 0.2) is 59.7 Å². The van der Waals surface area contributed by atoms with Gasteiger partial charge in [-0.15, -0.1) is 0 Å². The lowest BCUT2D eigenvalue weighted by atomic mass is 9.86. The van der Waals surface area contributed by atoms with Gasteiger partial charge in [-0.25, -0.2) is 4.98 Å². The first-order chi connectivity index (χ1) is 25.6. The fourth-order valence-corrected chi connectivity index (χ4v) is 7.56. The maximum Gasteiger partial charge on any atom is 0.270 e. The predicted molar refractivity (Wildman–Crippen MR) is 194 cm³/mol. The van der Waals surface area contributed by atoms with E-state index in [1.807, 2.05) is 31.3 Å². The largest absolute Gasteiger partial charge is 0.382 e. The molecule has 5 amide bonds. The summed E-state index contributed by atoms with van der Waals surface area (Å²) in [4.78, 5) is 92.8. The van der Waals surface area contributed by atoms with E-state index in [2.05, 4.69) is 40.7 Å². The zero-order valence-corrected chi connectivity index (χ0v) is 29.2. The predicted octanol–water partition coefficient (Wildman–Crippen LogP) is 1.98. The smallest absolute Gasteiger partial charge is 0.270 e. The number of imide groups is 2. The zero-order valence-electron chi connectivity index (χ0n) is 29.2. The highest BCUT2D eigenvalue weighted by Crippen LogP contribution is 2.31. The molecule has 15 nitrogen and oxygen atoms in total. The number of fused-ring (bicyclic) bond motifs is 2. The molecule has 0 bridgehead atoms. The molecule has 3 fully saturated rings. The van der Waals surface area contributed by atoms with E-state index < -0.39 is 29.7 Å². The molecule has 3 aliphatic heterocycles. The van der Waals surface area contributed by atoms with Gasteiger partial charge in [0.2, 0.25) is 11.8 Å². The van der Waals surface area contributed by atoms with Crippen LogP contribution in [0.4, 0.5) is 11.4 Å². The highest BCUT2D eigenvalue weighted by molar-refractivity contribution is 6.23. The molecule has 1 unspecified atom stereocenters. The first-order valence-corrected chi connectivity index (χ1v) is 18.0. The minimum Gasteiger partial charge on any atom is -0.382 e. The van der Waals surface area contributed by atoms with Gasteiger partial charge in [-0.1, -0.05) is 6.92 Å². The van der Waals surface area contributed by atoms with Crippen molar-refractivity contribution in [3.05, 3.63) is 93.2 Å². The average molecular weight is 718 g/mol. The topological polar surface area (TPSA) is 190 Å². The summed E-state index contributed by atoms with van der Waals surface area (Å²) in [6.07, 6.45) is 5.80. The van der Waals surface area contributed by atoms with E-state index in [9.17, 15) is 28.8 Å². The van der Waals surface area contributed by atoms with Gasteiger partial charge in [0.05, 0.1) is 34.0 Å². The third kappa shape index (κ3) is 6.75. The second kappa shape index (κ2) is 13.9. The zero-order chi connectivity index (χ0) is 36.8. The Hall–Kier alpha value is -5.96. The number of nitrogens with one attached hydrogen (secondary N) is 4. The van der Waals surface area contributed by atoms with Gasteiger partial charge < -0.3 is 20.5 Å². The van der Waals surface area contributed by atoms with Gasteiger partial charge in [-0.05, 0) is 73.7 Å². The highest BCUT2D eigenvalue weighted by Gasteiger charge is 2.44. The number of hydrogen-bond acceptors (Lipinski definition) is 11. The number of anilines is 2. The van der Waals surface area contributed by atoms with Crippen LogP contribution in [0.5, 0.6) is 0 Å². The Morgan fingerprint density at radius 2 is 1.68 bits per heavy atom. The number of hydrogen-bond donors (Lipinski definition) is 4. The Bertz CT molecular complexity index is 2210. The number of aromatic nitrogens is 3. The second-order valence-corrected chi connectivity index (χ2v) is 14.1. The van der Waals surface area contributed by atoms with Gasteiger partial charge >= 0.3 is 0 Å². The molecular formula is C38H39N9O6. The lowest BCUT2D eigenvalue weighted by Gasteiger charge is -2.37. The van der Waals surface area contributed by atoms with E-state index in [-0.39, 0.29) is 47.5 Å². The Morgan fingerprint density at radius 1 is 0.887 bits per heavy atom. The van der Waals surface area contributed by atoms with Crippen molar-refractivity contribution < 1.29 is 24.0 Å². The summed E-state index contributed by atoms with van der Waals surface area (Å²) in [5.41, 5.74) is 5.68. The summed E-state index contributed by atoms with van der Waals surface area (Å²) in [6, 6.07) is 11.5. The van der Waals surface area contributed by atoms with E-state index >= 15 is 0 Å². The Balaban J connectivity index is 0.791. The van der Waals surface area contributed by atoms with E-state index in [1.165, 1.54) is 0 Å². The van der Waals surface area contributed by atoms with E-state index in [0.29, 0.717) is 30.6 Å². The maximum absolute atomic E-state index is 13.1. The standard InChI is InChI=1S/C38H39N9O6/c1-2-22-14-30-31(43-34(22)49)13-21(18-39-30)20-45-9-11-46(12-10-45)26-4-6-29(40-19-26)35(50)42-25-15-24(16-25)41-23-3-5-27-28(17-23)38(53)47(37(27)52)32-7-8-33(48)44-36(32)51/h3-6,13-14,17-19,24-25,32,41H,2,7-12,15-16,20H2,1H3,(H,42,50)(H,43,49)(H,44,48,51)/t24-,25+,32?. The van der Waals surface area contributed by atoms with Crippen molar-refractivity contribution >= 4 is 51.9 Å². The maximum atomic E-state index is 13.1. The van der Waals surface area contributed by atoms with E-state index in [1.54, 1.807) is 30.5 Å². The number of aryl methyl sites for hydroxylation is 1. The number of benzene rings is 1. The van der Waals surface area contributed by atoms with Crippen LogP contribution in [-0.4, -0.2) is 98.6 Å². The number of carbonyl (C=O) groups is 5. The SMILES string of the molecule is CCc1cc2ncc(CN3CCN(c4ccc(C(=O)N[C@H]5C[C@@H](Nc6ccc7c(c6)C(=O)N(C6CCC(=O)NC6=O)C7=O)C5)nc4)CC3)cc2[nH]c1=O. The molecule has 0 radical (unpaired) electrons. The van der Waals surface area contributed by atoms with Gasteiger partial charge in [0.15, 0.2) is 0 Å². The van der Waals surface area contributed by atoms with Gasteiger partial charge in [-0.2, -0.15) is 0 Å². The summed E-state index contributed by atoms with van der Waals surface area (Å²) in [7, 11) is 0. The van der Waals surface area contributed by atoms with Gasteiger partial charge in [0.1, 0.15) is 11.7 Å². The number of H-pyrrole nitrogens is 1. The Kier molecular flexibility index (Phi) is 8.94. The van der Waals surface area contributed by atoms with Crippen molar-refractivity contribution in [1.82, 2.24) is 35.4 Å². The van der Waals surface area contributed by atoms with Gasteiger partial charge in [0, 0.05) is 68.7 Å². The molecule has 1 aliphatic carbocycles. The summed E-state index contributed by atoms with van der Waals surface area (Å²) in [6.45, 7) is 6.02. The molecule has 0 spiro atoms. The quantitative estimate of drug-likeness (QED) is 0.185. The third-order valence-electron chi connectivity index (χ3n) is 10.6. The van der Waals surface area contributed by atoms with Crippen molar-refractivity contribution in [2.24, 2.45) is 0 Å². The van der Waals surface area contributed by atoms with Crippen LogP contribution in [-0.2, 0) is 22.6 Å². The summed E-state index contributed by atoms with van der Waals surface area (Å²) in [5, 5.41) is 8.62. The Morgan fingerprint density at radius 3 is 2.42 bits per heavy atom. The molecular weight excluding hydrogens is 678 g/mol. The molecule has 1 aromatic carbocycles. The third-order valence-corrected chi connectivity index (χ3v) is 10.6. The molecule has 6 heterocycles. The molecule has 8 rings (SSSR count). The van der Waals surface area contributed by atoms with Gasteiger partial charge in [-0.3, -0.25) is 48.9 Å². The summed E-state index contributed by atoms with van der Waals surface area (Å²) in [5.74, 6) is -2.39. The number of carbonyl (C=O) groups excluding carboxylic acids is 5. The molecule has 4 N–H and O–H groups in total. The van der Waals surface area contributed by atoms with Crippen molar-refractivity contribution in [3.8, 4) is 0 Å². The van der Waals surface area contributed by atoms with Crippen LogP contribution >= 0.6 is 0 Å². The van der Waals surface area contributed by atoms with Crippen LogP contribution in [0.3, 0.4) is 0 Å². The van der Waals surface area contributed by atoms with E-state index in [0.717, 1.165) is 65.5 Å². The van der Waals surface area contributed by atoms with Gasteiger partial charge in [0.25, 0.3) is 23.3 Å². The fourth-order valence-electron chi connectivity index (χ4n) is 7.56. The number of rotatable bonds is 9. The highest BCUT2D eigenvalue weighted by atomic mass is 16.2. The van der Waals surface area contributed by atoms with Crippen LogP contribution in [0, 0.1) is 0 Å². The normalized spacial score (nSPS) is 21.7. The van der Waals surface area contributed by atoms with Crippen molar-refractivity contribution in [2.45, 2.75) is 63.7 Å². The van der Waals surface area contributed by atoms with Crippen molar-refractivity contribution in [3.63, 3.8) is 0 Å². The molecule has 15 heteroatoms. The van der Waals surface area contributed by atoms with E-state index in [4.69, 9.17) is 0 Å². The number of piperidine rings is 1. The molecule has 272 valence electrons. The lowest BCUT2D eigenvalue weighted by molar-refractivity contribution is -0.136. The van der Waals surface area contributed by atoms with Crippen molar-refractivity contribution in [1.29, 1.82) is 0 Å². The second-order valence-electron chi connectivity index (χ2n) is 14.1. The van der Waals surface area contributed by atoms with Crippen LogP contribution < -0.4 is 26.4 Å². The molecule has 4 aliphatic rings. The number of pyridine rings is 3. The average Bonchev–Trinajstić information content (AvgIpc) is 3.38. The first-order valence-electron chi connectivity index (χ1n) is 18.0.